The number of carbonyl (C=O) groups excluding carboxylic acids is 1. The number of alkyl halides is 6. The van der Waals surface area contributed by atoms with Gasteiger partial charge in [0.15, 0.2) is 0 Å². The van der Waals surface area contributed by atoms with E-state index in [0.29, 0.717) is 12.1 Å². The summed E-state index contributed by atoms with van der Waals surface area (Å²) in [5.74, 6) is -2.38. The minimum atomic E-state index is -5.03. The van der Waals surface area contributed by atoms with Gasteiger partial charge in [-0.25, -0.2) is 4.79 Å². The van der Waals surface area contributed by atoms with Gasteiger partial charge in [0.2, 0.25) is 5.91 Å². The van der Waals surface area contributed by atoms with E-state index in [0.717, 1.165) is 0 Å². The number of benzene rings is 1. The van der Waals surface area contributed by atoms with E-state index in [9.17, 15) is 35.9 Å². The second kappa shape index (κ2) is 8.24. The fraction of sp³-hybridized carbons (Fsp3) is 0.375. The third-order valence-corrected chi connectivity index (χ3v) is 3.30. The maximum Gasteiger partial charge on any atom is 0.416 e. The molecule has 0 saturated heterocycles. The van der Waals surface area contributed by atoms with Gasteiger partial charge in [0.25, 0.3) is 0 Å². The maximum atomic E-state index is 12.8. The molecule has 2 N–H and O–H groups in total. The summed E-state index contributed by atoms with van der Waals surface area (Å²) in [6.45, 7) is 3.39. The molecule has 0 radical (unpaired) electrons. The molecule has 4 nitrogen and oxygen atoms in total. The number of rotatable bonds is 7. The van der Waals surface area contributed by atoms with Gasteiger partial charge >= 0.3 is 18.3 Å². The first kappa shape index (κ1) is 21.5. The Morgan fingerprint density at radius 1 is 1.08 bits per heavy atom. The van der Waals surface area contributed by atoms with Crippen molar-refractivity contribution >= 4 is 11.9 Å². The largest absolute Gasteiger partial charge is 0.480 e. The van der Waals surface area contributed by atoms with Gasteiger partial charge in [0.05, 0.1) is 17.5 Å². The monoisotopic (exact) mass is 383 g/mol. The van der Waals surface area contributed by atoms with Gasteiger partial charge in [0, 0.05) is 0 Å². The Labute approximate surface area is 144 Å². The molecule has 0 aliphatic carbocycles. The molecular weight excluding hydrogens is 368 g/mol. The third-order valence-electron chi connectivity index (χ3n) is 3.30. The molecule has 1 amide bonds. The van der Waals surface area contributed by atoms with Gasteiger partial charge in [0.1, 0.15) is 6.04 Å². The van der Waals surface area contributed by atoms with Crippen molar-refractivity contribution in [2.24, 2.45) is 0 Å². The van der Waals surface area contributed by atoms with Crippen LogP contribution in [0.2, 0.25) is 0 Å². The van der Waals surface area contributed by atoms with Crippen molar-refractivity contribution in [3.05, 3.63) is 47.5 Å². The fourth-order valence-electron chi connectivity index (χ4n) is 2.09. The zero-order chi connectivity index (χ0) is 20.1. The number of allylic oxidation sites excluding steroid dienone is 1. The lowest BCUT2D eigenvalue weighted by Gasteiger charge is -2.16. The zero-order valence-corrected chi connectivity index (χ0v) is 13.2. The first-order valence-corrected chi connectivity index (χ1v) is 7.26. The van der Waals surface area contributed by atoms with Crippen LogP contribution in [0.3, 0.4) is 0 Å². The summed E-state index contributed by atoms with van der Waals surface area (Å²) >= 11 is 0. The molecule has 0 aromatic heterocycles. The first-order chi connectivity index (χ1) is 11.8. The van der Waals surface area contributed by atoms with Gasteiger partial charge in [-0.1, -0.05) is 6.08 Å². The molecule has 1 atom stereocenters. The summed E-state index contributed by atoms with van der Waals surface area (Å²) in [6, 6.07) is -0.526. The predicted octanol–water partition coefficient (Wildman–Crippen LogP) is 3.80. The van der Waals surface area contributed by atoms with Crippen molar-refractivity contribution in [2.45, 2.75) is 37.7 Å². The number of hydrogen-bond acceptors (Lipinski definition) is 2. The van der Waals surface area contributed by atoms with Gasteiger partial charge in [-0.2, -0.15) is 26.3 Å². The second-order valence-corrected chi connectivity index (χ2v) is 5.42. The average molecular weight is 383 g/mol. The summed E-state index contributed by atoms with van der Waals surface area (Å²) in [4.78, 5) is 22.9. The van der Waals surface area contributed by atoms with Crippen LogP contribution in [0.4, 0.5) is 26.3 Å². The van der Waals surface area contributed by atoms with Crippen LogP contribution in [-0.2, 0) is 28.4 Å². The summed E-state index contributed by atoms with van der Waals surface area (Å²) in [6.07, 6.45) is -9.24. The summed E-state index contributed by atoms with van der Waals surface area (Å²) in [5.41, 5.74) is -3.62. The molecule has 26 heavy (non-hydrogen) atoms. The third kappa shape index (κ3) is 6.41. The van der Waals surface area contributed by atoms with Crippen LogP contribution in [0, 0.1) is 0 Å². The molecule has 0 fully saturated rings. The van der Waals surface area contributed by atoms with Crippen LogP contribution >= 0.6 is 0 Å². The van der Waals surface area contributed by atoms with Gasteiger partial charge in [-0.05, 0) is 36.6 Å². The predicted molar refractivity (Wildman–Crippen MR) is 79.1 cm³/mol. The number of carboxylic acids is 1. The van der Waals surface area contributed by atoms with Crippen LogP contribution < -0.4 is 5.32 Å². The van der Waals surface area contributed by atoms with Crippen LogP contribution in [-0.4, -0.2) is 23.0 Å². The minimum absolute atomic E-state index is 0.0129. The van der Waals surface area contributed by atoms with Crippen molar-refractivity contribution in [2.75, 3.05) is 0 Å². The van der Waals surface area contributed by atoms with E-state index >= 15 is 0 Å². The topological polar surface area (TPSA) is 66.4 Å². The summed E-state index contributed by atoms with van der Waals surface area (Å²) in [5, 5.41) is 11.0. The van der Waals surface area contributed by atoms with Crippen LogP contribution in [0.1, 0.15) is 29.5 Å². The molecule has 1 aromatic rings. The molecule has 0 aliphatic heterocycles. The van der Waals surface area contributed by atoms with Crippen LogP contribution in [0.5, 0.6) is 0 Å². The number of hydrogen-bond donors (Lipinski definition) is 2. The normalized spacial score (nSPS) is 13.2. The number of halogens is 6. The highest BCUT2D eigenvalue weighted by atomic mass is 19.4. The standard InChI is InChI=1S/C16H15F6NO3/c1-2-3-4-12(14(25)26)23-13(24)7-9-5-10(15(17,18)19)8-11(6-9)16(20,21)22/h2,5-6,8,12H,1,3-4,7H2,(H,23,24)(H,25,26)/t12-/m1/s1. The van der Waals surface area contributed by atoms with Crippen LogP contribution in [0.15, 0.2) is 30.9 Å². The highest BCUT2D eigenvalue weighted by Crippen LogP contribution is 2.36. The Hall–Kier alpha value is -2.52. The molecule has 0 heterocycles. The maximum absolute atomic E-state index is 12.8. The van der Waals surface area contributed by atoms with Gasteiger partial charge in [-0.15, -0.1) is 6.58 Å². The first-order valence-electron chi connectivity index (χ1n) is 7.26. The van der Waals surface area contributed by atoms with E-state index in [1.807, 2.05) is 0 Å². The molecule has 0 saturated carbocycles. The minimum Gasteiger partial charge on any atom is -0.480 e. The lowest BCUT2D eigenvalue weighted by molar-refractivity contribution is -0.143. The smallest absolute Gasteiger partial charge is 0.416 e. The Morgan fingerprint density at radius 3 is 1.96 bits per heavy atom. The van der Waals surface area contributed by atoms with E-state index in [1.54, 1.807) is 0 Å². The van der Waals surface area contributed by atoms with Gasteiger partial charge in [-0.3, -0.25) is 4.79 Å². The second-order valence-electron chi connectivity index (χ2n) is 5.42. The molecule has 10 heteroatoms. The molecule has 0 spiro atoms. The molecule has 144 valence electrons. The van der Waals surface area contributed by atoms with Crippen molar-refractivity contribution < 1.29 is 41.0 Å². The van der Waals surface area contributed by atoms with E-state index < -0.39 is 53.4 Å². The van der Waals surface area contributed by atoms with E-state index in [2.05, 4.69) is 11.9 Å². The zero-order valence-electron chi connectivity index (χ0n) is 13.2. The number of nitrogens with one attached hydrogen (secondary N) is 1. The van der Waals surface area contributed by atoms with Crippen molar-refractivity contribution in [3.63, 3.8) is 0 Å². The average Bonchev–Trinajstić information content (AvgIpc) is 2.49. The van der Waals surface area contributed by atoms with E-state index in [4.69, 9.17) is 5.11 Å². The SMILES string of the molecule is C=CCC[C@@H](NC(=O)Cc1cc(C(F)(F)F)cc(C(F)(F)F)c1)C(=O)O. The number of carbonyl (C=O) groups is 2. The van der Waals surface area contributed by atoms with Crippen LogP contribution in [0.25, 0.3) is 0 Å². The van der Waals surface area contributed by atoms with Gasteiger partial charge < -0.3 is 10.4 Å². The Bertz CT molecular complexity index is 649. The van der Waals surface area contributed by atoms with Crippen molar-refractivity contribution in [1.82, 2.24) is 5.32 Å². The fourth-order valence-corrected chi connectivity index (χ4v) is 2.09. The lowest BCUT2D eigenvalue weighted by Crippen LogP contribution is -2.41. The molecule has 1 rings (SSSR count). The molecule has 0 bridgehead atoms. The highest BCUT2D eigenvalue weighted by Gasteiger charge is 2.37. The van der Waals surface area contributed by atoms with E-state index in [1.165, 1.54) is 6.08 Å². The number of aliphatic carboxylic acids is 1. The van der Waals surface area contributed by atoms with E-state index in [-0.39, 0.29) is 18.9 Å². The molecular formula is C16H15F6NO3. The Morgan fingerprint density at radius 2 is 1.58 bits per heavy atom. The Balaban J connectivity index is 3.05. The molecule has 1 aromatic carbocycles. The van der Waals surface area contributed by atoms with Crippen molar-refractivity contribution in [1.29, 1.82) is 0 Å². The lowest BCUT2D eigenvalue weighted by atomic mass is 10.0. The summed E-state index contributed by atoms with van der Waals surface area (Å²) in [7, 11) is 0. The summed E-state index contributed by atoms with van der Waals surface area (Å²) < 4.78 is 76.6. The number of amides is 1. The van der Waals surface area contributed by atoms with Crippen molar-refractivity contribution in [3.8, 4) is 0 Å². The highest BCUT2D eigenvalue weighted by molar-refractivity contribution is 5.84. The quantitative estimate of drug-likeness (QED) is 0.556. The Kier molecular flexibility index (Phi) is 6.82. The molecule has 0 aliphatic rings. The number of carboxylic acid groups (broad SMARTS) is 1. The molecule has 0 unspecified atom stereocenters.